The summed E-state index contributed by atoms with van der Waals surface area (Å²) in [5.74, 6) is 1.19. The smallest absolute Gasteiger partial charge is 0.220 e. The molecular formula is C11H19NO. The van der Waals surface area contributed by atoms with Gasteiger partial charge >= 0.3 is 0 Å². The van der Waals surface area contributed by atoms with Gasteiger partial charge in [-0.05, 0) is 38.0 Å². The van der Waals surface area contributed by atoms with E-state index in [4.69, 9.17) is 0 Å². The lowest BCUT2D eigenvalue weighted by Crippen LogP contribution is -2.44. The van der Waals surface area contributed by atoms with E-state index in [1.807, 2.05) is 0 Å². The lowest BCUT2D eigenvalue weighted by atomic mass is 9.75. The number of nitrogens with one attached hydrogen (secondary N) is 1. The molecule has 2 fully saturated rings. The Bertz CT molecular complexity index is 204. The van der Waals surface area contributed by atoms with Crippen molar-refractivity contribution in [3.8, 4) is 0 Å². The highest BCUT2D eigenvalue weighted by molar-refractivity contribution is 5.79. The fourth-order valence-corrected chi connectivity index (χ4v) is 2.79. The van der Waals surface area contributed by atoms with E-state index in [0.29, 0.717) is 0 Å². The average Bonchev–Trinajstić information content (AvgIpc) is 2.49. The Hall–Kier alpha value is -0.530. The molecule has 1 N–H and O–H groups in total. The van der Waals surface area contributed by atoms with E-state index in [1.165, 1.54) is 32.1 Å². The molecule has 0 unspecified atom stereocenters. The van der Waals surface area contributed by atoms with Crippen LogP contribution < -0.4 is 5.32 Å². The third-order valence-electron chi connectivity index (χ3n) is 3.87. The first-order chi connectivity index (χ1) is 6.24. The van der Waals surface area contributed by atoms with Crippen molar-refractivity contribution in [2.45, 2.75) is 57.4 Å². The highest BCUT2D eigenvalue weighted by Gasteiger charge is 2.39. The lowest BCUT2D eigenvalue weighted by Gasteiger charge is -2.36. The summed E-state index contributed by atoms with van der Waals surface area (Å²) in [7, 11) is 0. The van der Waals surface area contributed by atoms with Crippen LogP contribution in [0.4, 0.5) is 0 Å². The Balaban J connectivity index is 1.93. The van der Waals surface area contributed by atoms with Crippen LogP contribution >= 0.6 is 0 Å². The molecule has 1 saturated carbocycles. The maximum atomic E-state index is 11.2. The quantitative estimate of drug-likeness (QED) is 0.660. The highest BCUT2D eigenvalue weighted by Crippen LogP contribution is 2.38. The van der Waals surface area contributed by atoms with Gasteiger partial charge in [0, 0.05) is 12.0 Å². The van der Waals surface area contributed by atoms with Crippen LogP contribution in [0.3, 0.4) is 0 Å². The van der Waals surface area contributed by atoms with Gasteiger partial charge < -0.3 is 5.32 Å². The minimum atomic E-state index is 0.225. The minimum absolute atomic E-state index is 0.225. The Labute approximate surface area is 80.1 Å². The van der Waals surface area contributed by atoms with E-state index in [9.17, 15) is 4.79 Å². The van der Waals surface area contributed by atoms with Gasteiger partial charge in [0.05, 0.1) is 0 Å². The van der Waals surface area contributed by atoms with Gasteiger partial charge in [0.15, 0.2) is 0 Å². The predicted molar refractivity (Wildman–Crippen MR) is 52.4 cm³/mol. The summed E-state index contributed by atoms with van der Waals surface area (Å²) in [6, 6.07) is 0. The molecule has 1 aliphatic carbocycles. The van der Waals surface area contributed by atoms with E-state index in [-0.39, 0.29) is 11.4 Å². The van der Waals surface area contributed by atoms with E-state index in [1.54, 1.807) is 0 Å². The van der Waals surface area contributed by atoms with Crippen LogP contribution in [-0.4, -0.2) is 11.4 Å². The summed E-state index contributed by atoms with van der Waals surface area (Å²) in [5, 5.41) is 3.17. The molecule has 1 spiro atoms. The maximum absolute atomic E-state index is 11.2. The summed E-state index contributed by atoms with van der Waals surface area (Å²) < 4.78 is 0. The number of rotatable bonds is 1. The molecule has 0 atom stereocenters. The largest absolute Gasteiger partial charge is 0.351 e. The zero-order chi connectivity index (χ0) is 9.31. The monoisotopic (exact) mass is 181 g/mol. The first-order valence-electron chi connectivity index (χ1n) is 5.55. The molecule has 0 bridgehead atoms. The molecule has 2 nitrogen and oxygen atoms in total. The molecule has 0 aromatic carbocycles. The van der Waals surface area contributed by atoms with E-state index >= 15 is 0 Å². The van der Waals surface area contributed by atoms with Crippen LogP contribution in [0.15, 0.2) is 0 Å². The zero-order valence-corrected chi connectivity index (χ0v) is 8.44. The topological polar surface area (TPSA) is 29.1 Å². The summed E-state index contributed by atoms with van der Waals surface area (Å²) in [4.78, 5) is 11.2. The standard InChI is InChI=1S/C11H19NO/c1-2-9-3-6-11(7-4-9)8-5-10(13)12-11/h9H,2-8H2,1H3,(H,12,13). The van der Waals surface area contributed by atoms with Gasteiger partial charge in [0.25, 0.3) is 0 Å². The Morgan fingerprint density at radius 1 is 1.38 bits per heavy atom. The van der Waals surface area contributed by atoms with Gasteiger partial charge in [-0.2, -0.15) is 0 Å². The fourth-order valence-electron chi connectivity index (χ4n) is 2.79. The number of hydrogen-bond acceptors (Lipinski definition) is 1. The number of carbonyl (C=O) groups excluding carboxylic acids is 1. The average molecular weight is 181 g/mol. The number of hydrogen-bond donors (Lipinski definition) is 1. The molecule has 0 aromatic rings. The van der Waals surface area contributed by atoms with Gasteiger partial charge in [-0.1, -0.05) is 13.3 Å². The summed E-state index contributed by atoms with van der Waals surface area (Å²) >= 11 is 0. The first kappa shape index (κ1) is 9.04. The molecule has 2 aliphatic rings. The van der Waals surface area contributed by atoms with Crippen LogP contribution in [0, 0.1) is 5.92 Å². The van der Waals surface area contributed by atoms with E-state index in [0.717, 1.165) is 18.8 Å². The number of amides is 1. The van der Waals surface area contributed by atoms with Crippen molar-refractivity contribution in [1.29, 1.82) is 0 Å². The minimum Gasteiger partial charge on any atom is -0.351 e. The van der Waals surface area contributed by atoms with Gasteiger partial charge in [0.1, 0.15) is 0 Å². The normalized spacial score (nSPS) is 39.5. The highest BCUT2D eigenvalue weighted by atomic mass is 16.2. The molecule has 1 amide bonds. The molecule has 1 heterocycles. The van der Waals surface area contributed by atoms with Gasteiger partial charge in [-0.3, -0.25) is 4.79 Å². The Morgan fingerprint density at radius 2 is 2.08 bits per heavy atom. The fraction of sp³-hybridized carbons (Fsp3) is 0.909. The zero-order valence-electron chi connectivity index (χ0n) is 8.44. The van der Waals surface area contributed by atoms with Crippen molar-refractivity contribution in [2.24, 2.45) is 5.92 Å². The van der Waals surface area contributed by atoms with Crippen molar-refractivity contribution in [2.75, 3.05) is 0 Å². The third kappa shape index (κ3) is 1.72. The molecule has 74 valence electrons. The van der Waals surface area contributed by atoms with Crippen molar-refractivity contribution >= 4 is 5.91 Å². The van der Waals surface area contributed by atoms with E-state index < -0.39 is 0 Å². The van der Waals surface area contributed by atoms with Crippen LogP contribution in [0.1, 0.15) is 51.9 Å². The number of carbonyl (C=O) groups is 1. The lowest BCUT2D eigenvalue weighted by molar-refractivity contribution is -0.120. The molecular weight excluding hydrogens is 162 g/mol. The summed E-state index contributed by atoms with van der Waals surface area (Å²) in [6.07, 6.45) is 8.23. The van der Waals surface area contributed by atoms with Crippen LogP contribution in [0.25, 0.3) is 0 Å². The third-order valence-corrected chi connectivity index (χ3v) is 3.87. The SMILES string of the molecule is CCC1CCC2(CCC(=O)N2)CC1. The molecule has 1 aliphatic heterocycles. The van der Waals surface area contributed by atoms with Crippen molar-refractivity contribution in [3.05, 3.63) is 0 Å². The molecule has 2 heteroatoms. The maximum Gasteiger partial charge on any atom is 0.220 e. The molecule has 13 heavy (non-hydrogen) atoms. The molecule has 0 radical (unpaired) electrons. The van der Waals surface area contributed by atoms with Gasteiger partial charge in [-0.25, -0.2) is 0 Å². The van der Waals surface area contributed by atoms with Gasteiger partial charge in [-0.15, -0.1) is 0 Å². The molecule has 0 aromatic heterocycles. The second-order valence-corrected chi connectivity index (χ2v) is 4.68. The van der Waals surface area contributed by atoms with Crippen molar-refractivity contribution < 1.29 is 4.79 Å². The summed E-state index contributed by atoms with van der Waals surface area (Å²) in [5.41, 5.74) is 0.225. The molecule has 1 saturated heterocycles. The van der Waals surface area contributed by atoms with Crippen LogP contribution in [-0.2, 0) is 4.79 Å². The van der Waals surface area contributed by atoms with E-state index in [2.05, 4.69) is 12.2 Å². The Kier molecular flexibility index (Phi) is 2.31. The second-order valence-electron chi connectivity index (χ2n) is 4.68. The predicted octanol–water partition coefficient (Wildman–Crippen LogP) is 2.24. The first-order valence-corrected chi connectivity index (χ1v) is 5.55. The Morgan fingerprint density at radius 3 is 2.54 bits per heavy atom. The summed E-state index contributed by atoms with van der Waals surface area (Å²) in [6.45, 7) is 2.27. The van der Waals surface area contributed by atoms with Crippen LogP contribution in [0.5, 0.6) is 0 Å². The van der Waals surface area contributed by atoms with Crippen molar-refractivity contribution in [1.82, 2.24) is 5.32 Å². The molecule has 2 rings (SSSR count). The van der Waals surface area contributed by atoms with Crippen molar-refractivity contribution in [3.63, 3.8) is 0 Å². The second kappa shape index (κ2) is 3.32. The van der Waals surface area contributed by atoms with Crippen LogP contribution in [0.2, 0.25) is 0 Å². The van der Waals surface area contributed by atoms with Gasteiger partial charge in [0.2, 0.25) is 5.91 Å².